The summed E-state index contributed by atoms with van der Waals surface area (Å²) >= 11 is 12.0. The van der Waals surface area contributed by atoms with Crippen LogP contribution in [0.2, 0.25) is 10.2 Å². The van der Waals surface area contributed by atoms with E-state index in [9.17, 15) is 4.39 Å². The van der Waals surface area contributed by atoms with Crippen molar-refractivity contribution in [1.82, 2.24) is 10.3 Å². The first-order valence-corrected chi connectivity index (χ1v) is 7.05. The smallest absolute Gasteiger partial charge is 0.136 e. The van der Waals surface area contributed by atoms with Crippen LogP contribution in [0.25, 0.3) is 10.8 Å². The molecule has 0 aliphatic heterocycles. The van der Waals surface area contributed by atoms with Gasteiger partial charge in [-0.2, -0.15) is 0 Å². The van der Waals surface area contributed by atoms with Crippen molar-refractivity contribution in [1.29, 1.82) is 0 Å². The molecule has 1 atom stereocenters. The van der Waals surface area contributed by atoms with E-state index < -0.39 is 6.17 Å². The third kappa shape index (κ3) is 3.69. The Hall–Kier alpha value is -1.16. The number of aromatic nitrogens is 1. The van der Waals surface area contributed by atoms with E-state index in [1.807, 2.05) is 6.07 Å². The van der Waals surface area contributed by atoms with E-state index in [0.29, 0.717) is 16.7 Å². The van der Waals surface area contributed by atoms with Crippen molar-refractivity contribution in [2.24, 2.45) is 0 Å². The lowest BCUT2D eigenvalue weighted by Crippen LogP contribution is -2.25. The first kappa shape index (κ1) is 15.2. The number of alkyl halides is 1. The van der Waals surface area contributed by atoms with Crippen molar-refractivity contribution in [3.05, 3.63) is 52.8 Å². The van der Waals surface area contributed by atoms with Gasteiger partial charge in [0.05, 0.1) is 0 Å². The highest BCUT2D eigenvalue weighted by Gasteiger charge is 2.12. The Morgan fingerprint density at radius 3 is 2.90 bits per heavy atom. The molecular formula is C15H15Cl2FN2. The van der Waals surface area contributed by atoms with E-state index in [1.54, 1.807) is 24.4 Å². The summed E-state index contributed by atoms with van der Waals surface area (Å²) < 4.78 is 13.9. The lowest BCUT2D eigenvalue weighted by molar-refractivity contribution is 0.321. The van der Waals surface area contributed by atoms with Gasteiger partial charge < -0.3 is 5.32 Å². The number of benzene rings is 1. The zero-order valence-corrected chi connectivity index (χ0v) is 12.4. The summed E-state index contributed by atoms with van der Waals surface area (Å²) in [4.78, 5) is 4.10. The second-order valence-electron chi connectivity index (χ2n) is 4.51. The zero-order chi connectivity index (χ0) is 14.5. The molecule has 0 amide bonds. The second kappa shape index (κ2) is 7.02. The molecular weight excluding hydrogens is 298 g/mol. The fraction of sp³-hybridized carbons (Fsp3) is 0.267. The lowest BCUT2D eigenvalue weighted by Gasteiger charge is -2.11. The van der Waals surface area contributed by atoms with Gasteiger partial charge in [0.15, 0.2) is 0 Å². The Morgan fingerprint density at radius 1 is 1.35 bits per heavy atom. The first-order chi connectivity index (χ1) is 9.61. The average molecular weight is 313 g/mol. The van der Waals surface area contributed by atoms with Crippen LogP contribution in [0.5, 0.6) is 0 Å². The molecule has 1 heterocycles. The predicted octanol–water partition coefficient (Wildman–Crippen LogP) is 4.20. The van der Waals surface area contributed by atoms with Gasteiger partial charge in [-0.3, -0.25) is 0 Å². The van der Waals surface area contributed by atoms with Crippen LogP contribution in [-0.2, 0) is 6.42 Å². The van der Waals surface area contributed by atoms with Crippen molar-refractivity contribution in [3.63, 3.8) is 0 Å². The van der Waals surface area contributed by atoms with Crippen molar-refractivity contribution < 1.29 is 4.39 Å². The first-order valence-electron chi connectivity index (χ1n) is 6.30. The Labute approximate surface area is 127 Å². The highest BCUT2D eigenvalue weighted by atomic mass is 35.5. The van der Waals surface area contributed by atoms with Gasteiger partial charge in [0, 0.05) is 36.1 Å². The second-order valence-corrected chi connectivity index (χ2v) is 5.31. The number of rotatable bonds is 6. The van der Waals surface area contributed by atoms with Crippen LogP contribution >= 0.6 is 23.2 Å². The summed E-state index contributed by atoms with van der Waals surface area (Å²) in [5.74, 6) is 0. The van der Waals surface area contributed by atoms with Gasteiger partial charge in [0.1, 0.15) is 11.3 Å². The maximum Gasteiger partial charge on any atom is 0.136 e. The Balaban J connectivity index is 2.22. The predicted molar refractivity (Wildman–Crippen MR) is 83.4 cm³/mol. The summed E-state index contributed by atoms with van der Waals surface area (Å²) in [6, 6.07) is 5.37. The molecule has 1 N–H and O–H groups in total. The molecule has 5 heteroatoms. The van der Waals surface area contributed by atoms with Gasteiger partial charge in [-0.1, -0.05) is 35.3 Å². The summed E-state index contributed by atoms with van der Waals surface area (Å²) in [5, 5.41) is 5.57. The van der Waals surface area contributed by atoms with E-state index in [4.69, 9.17) is 23.2 Å². The summed E-state index contributed by atoms with van der Waals surface area (Å²) in [7, 11) is 0. The number of pyridine rings is 1. The van der Waals surface area contributed by atoms with E-state index in [1.165, 1.54) is 0 Å². The molecule has 0 radical (unpaired) electrons. The number of nitrogens with zero attached hydrogens (tertiary/aromatic N) is 1. The average Bonchev–Trinajstić information content (AvgIpc) is 2.42. The molecule has 0 spiro atoms. The van der Waals surface area contributed by atoms with Crippen molar-refractivity contribution in [2.75, 3.05) is 13.1 Å². The maximum absolute atomic E-state index is 13.9. The highest BCUT2D eigenvalue weighted by molar-refractivity contribution is 6.36. The number of fused-ring (bicyclic) bond motifs is 1. The van der Waals surface area contributed by atoms with Crippen LogP contribution in [0.15, 0.2) is 37.1 Å². The highest BCUT2D eigenvalue weighted by Crippen LogP contribution is 2.28. The summed E-state index contributed by atoms with van der Waals surface area (Å²) in [6.45, 7) is 4.45. The van der Waals surface area contributed by atoms with Gasteiger partial charge in [0.2, 0.25) is 0 Å². The molecule has 0 saturated heterocycles. The minimum absolute atomic E-state index is 0.281. The molecule has 0 aliphatic rings. The number of hydrogen-bond donors (Lipinski definition) is 1. The molecule has 0 bridgehead atoms. The molecule has 2 rings (SSSR count). The van der Waals surface area contributed by atoms with E-state index >= 15 is 0 Å². The molecule has 1 unspecified atom stereocenters. The molecule has 0 aliphatic carbocycles. The van der Waals surface area contributed by atoms with Crippen molar-refractivity contribution in [3.8, 4) is 0 Å². The van der Waals surface area contributed by atoms with Crippen LogP contribution < -0.4 is 5.32 Å². The van der Waals surface area contributed by atoms with Gasteiger partial charge in [-0.15, -0.1) is 6.58 Å². The van der Waals surface area contributed by atoms with E-state index in [2.05, 4.69) is 16.9 Å². The number of hydrogen-bond acceptors (Lipinski definition) is 2. The largest absolute Gasteiger partial charge is 0.310 e. The van der Waals surface area contributed by atoms with Crippen LogP contribution in [0.1, 0.15) is 5.56 Å². The molecule has 20 heavy (non-hydrogen) atoms. The van der Waals surface area contributed by atoms with Crippen LogP contribution in [-0.4, -0.2) is 24.2 Å². The fourth-order valence-electron chi connectivity index (χ4n) is 2.06. The minimum atomic E-state index is -0.989. The number of nitrogens with one attached hydrogen (secondary N) is 1. The van der Waals surface area contributed by atoms with E-state index in [-0.39, 0.29) is 13.0 Å². The minimum Gasteiger partial charge on any atom is -0.310 e. The topological polar surface area (TPSA) is 24.9 Å². The monoisotopic (exact) mass is 312 g/mol. The van der Waals surface area contributed by atoms with Crippen LogP contribution in [0.4, 0.5) is 4.39 Å². The van der Waals surface area contributed by atoms with Gasteiger partial charge in [-0.25, -0.2) is 9.37 Å². The Bertz CT molecular complexity index is 616. The zero-order valence-electron chi connectivity index (χ0n) is 10.9. The standard InChI is InChI=1S/C15H15Cl2FN2/c1-2-5-19-9-12(18)6-10-8-20-15(17)14-7-11(16)3-4-13(10)14/h2-4,7-8,12,19H,1,5-6,9H2. The quantitative estimate of drug-likeness (QED) is 0.491. The Kier molecular flexibility index (Phi) is 5.35. The van der Waals surface area contributed by atoms with Gasteiger partial charge >= 0.3 is 0 Å². The molecule has 2 nitrogen and oxygen atoms in total. The fourth-order valence-corrected chi connectivity index (χ4v) is 2.43. The molecule has 106 valence electrons. The molecule has 2 aromatic rings. The lowest BCUT2D eigenvalue weighted by atomic mass is 10.0. The Morgan fingerprint density at radius 2 is 2.15 bits per heavy atom. The SMILES string of the molecule is C=CCNCC(F)Cc1cnc(Cl)c2cc(Cl)ccc12. The maximum atomic E-state index is 13.9. The van der Waals surface area contributed by atoms with Crippen LogP contribution in [0, 0.1) is 0 Å². The summed E-state index contributed by atoms with van der Waals surface area (Å²) in [6.07, 6.45) is 2.62. The van der Waals surface area contributed by atoms with Gasteiger partial charge in [0.25, 0.3) is 0 Å². The van der Waals surface area contributed by atoms with Crippen LogP contribution in [0.3, 0.4) is 0 Å². The molecule has 1 aromatic carbocycles. The number of halogens is 3. The third-order valence-electron chi connectivity index (χ3n) is 2.98. The molecule has 0 saturated carbocycles. The van der Waals surface area contributed by atoms with Gasteiger partial charge in [-0.05, 0) is 23.1 Å². The van der Waals surface area contributed by atoms with Crippen molar-refractivity contribution in [2.45, 2.75) is 12.6 Å². The van der Waals surface area contributed by atoms with Crippen molar-refractivity contribution >= 4 is 34.0 Å². The normalized spacial score (nSPS) is 12.6. The van der Waals surface area contributed by atoms with E-state index in [0.717, 1.165) is 16.3 Å². The third-order valence-corrected chi connectivity index (χ3v) is 3.52. The molecule has 0 fully saturated rings. The summed E-state index contributed by atoms with van der Waals surface area (Å²) in [5.41, 5.74) is 0.828. The molecule has 1 aromatic heterocycles.